The van der Waals surface area contributed by atoms with Crippen molar-refractivity contribution < 1.29 is 0 Å². The number of rotatable bonds is 1. The molecule has 1 aromatic rings. The first-order valence-electron chi connectivity index (χ1n) is 9.01. The topological polar surface area (TPSA) is 101 Å². The Morgan fingerprint density at radius 2 is 1.89 bits per heavy atom. The number of benzene rings is 1. The van der Waals surface area contributed by atoms with Crippen LogP contribution in [-0.4, -0.2) is 24.0 Å². The van der Waals surface area contributed by atoms with Crippen molar-refractivity contribution in [3.8, 4) is 18.2 Å². The maximum Gasteiger partial charge on any atom is 0.191 e. The van der Waals surface area contributed by atoms with Crippen LogP contribution in [0.4, 0.5) is 0 Å². The molecule has 0 radical (unpaired) electrons. The van der Waals surface area contributed by atoms with Gasteiger partial charge in [0.15, 0.2) is 5.41 Å². The van der Waals surface area contributed by atoms with Gasteiger partial charge >= 0.3 is 0 Å². The van der Waals surface area contributed by atoms with Gasteiger partial charge in [-0.2, -0.15) is 15.8 Å². The Morgan fingerprint density at radius 3 is 2.50 bits per heavy atom. The highest BCUT2D eigenvalue weighted by molar-refractivity contribution is 6.35. The lowest BCUT2D eigenvalue weighted by Gasteiger charge is -2.48. The van der Waals surface area contributed by atoms with Crippen molar-refractivity contribution >= 4 is 23.2 Å². The molecular weight excluding hydrogens is 393 g/mol. The number of halogens is 2. The molecule has 3 aliphatic rings. The van der Waals surface area contributed by atoms with Gasteiger partial charge in [0.05, 0.1) is 23.4 Å². The first kappa shape index (κ1) is 18.9. The Morgan fingerprint density at radius 1 is 1.18 bits per heavy atom. The Balaban J connectivity index is 2.07. The van der Waals surface area contributed by atoms with Gasteiger partial charge < -0.3 is 5.73 Å². The van der Waals surface area contributed by atoms with Gasteiger partial charge in [-0.3, -0.25) is 4.90 Å². The van der Waals surface area contributed by atoms with E-state index < -0.39 is 11.3 Å². The molecule has 1 saturated heterocycles. The van der Waals surface area contributed by atoms with E-state index in [0.717, 1.165) is 18.4 Å². The molecule has 5 nitrogen and oxygen atoms in total. The second-order valence-corrected chi connectivity index (χ2v) is 8.44. The van der Waals surface area contributed by atoms with E-state index in [1.807, 2.05) is 7.05 Å². The summed E-state index contributed by atoms with van der Waals surface area (Å²) >= 11 is 12.6. The maximum absolute atomic E-state index is 10.1. The summed E-state index contributed by atoms with van der Waals surface area (Å²) in [7, 11) is 2.05. The van der Waals surface area contributed by atoms with Crippen LogP contribution in [0.25, 0.3) is 0 Å². The number of allylic oxidation sites excluding steroid dienone is 2. The molecule has 0 spiro atoms. The standard InChI is InChI=1S/C21H17Cl2N5/c1-28-12-3-5-17(28)18-14(7-12)15(8-24)20(27)21(9-25,10-26)19(18)13-4-2-11(22)6-16(13)23/h2,4,6-7,12,17-19H,3,5,27H2,1H3/t12-,17+,18-,19+/m1/s1. The van der Waals surface area contributed by atoms with Gasteiger partial charge in [0, 0.05) is 34.0 Å². The highest BCUT2D eigenvalue weighted by atomic mass is 35.5. The minimum Gasteiger partial charge on any atom is -0.399 e. The Labute approximate surface area is 173 Å². The van der Waals surface area contributed by atoms with Crippen molar-refractivity contribution in [1.82, 2.24) is 4.90 Å². The predicted octanol–water partition coefficient (Wildman–Crippen LogP) is 3.88. The zero-order chi connectivity index (χ0) is 20.2. The summed E-state index contributed by atoms with van der Waals surface area (Å²) < 4.78 is 0. The van der Waals surface area contributed by atoms with Crippen molar-refractivity contribution in [1.29, 1.82) is 15.8 Å². The summed E-state index contributed by atoms with van der Waals surface area (Å²) in [6.45, 7) is 0. The van der Waals surface area contributed by atoms with Crippen LogP contribution in [0.2, 0.25) is 10.0 Å². The largest absolute Gasteiger partial charge is 0.399 e. The third kappa shape index (κ3) is 2.33. The van der Waals surface area contributed by atoms with Gasteiger partial charge in [0.2, 0.25) is 0 Å². The average Bonchev–Trinajstić information content (AvgIpc) is 2.91. The number of likely N-dealkylation sites (N-methyl/N-ethyl adjacent to an activating group) is 1. The van der Waals surface area contributed by atoms with Crippen LogP contribution in [0.15, 0.2) is 41.1 Å². The van der Waals surface area contributed by atoms with Gasteiger partial charge in [-0.15, -0.1) is 0 Å². The third-order valence-corrected chi connectivity index (χ3v) is 7.08. The number of nitrogens with two attached hydrogens (primary N) is 1. The molecule has 7 heteroatoms. The number of fused-ring (bicyclic) bond motifs is 4. The summed E-state index contributed by atoms with van der Waals surface area (Å²) in [6, 6.07) is 11.9. The van der Waals surface area contributed by atoms with Gasteiger partial charge in [-0.25, -0.2) is 0 Å². The smallest absolute Gasteiger partial charge is 0.191 e. The van der Waals surface area contributed by atoms with Crippen molar-refractivity contribution in [3.05, 3.63) is 56.7 Å². The van der Waals surface area contributed by atoms with Crippen molar-refractivity contribution in [3.63, 3.8) is 0 Å². The van der Waals surface area contributed by atoms with E-state index in [9.17, 15) is 15.8 Å². The summed E-state index contributed by atoms with van der Waals surface area (Å²) in [4.78, 5) is 2.26. The van der Waals surface area contributed by atoms with E-state index >= 15 is 0 Å². The summed E-state index contributed by atoms with van der Waals surface area (Å²) in [6.07, 6.45) is 3.96. The van der Waals surface area contributed by atoms with E-state index in [0.29, 0.717) is 15.6 Å². The monoisotopic (exact) mass is 409 g/mol. The van der Waals surface area contributed by atoms with Crippen LogP contribution in [0, 0.1) is 45.3 Å². The van der Waals surface area contributed by atoms with E-state index in [-0.39, 0.29) is 29.3 Å². The molecule has 2 aliphatic heterocycles. The minimum atomic E-state index is -1.68. The SMILES string of the molecule is CN1[C@H]2C=C3C(C#N)=C(N)C(C#N)(C#N)[C@@H](c4ccc(Cl)cc4Cl)[C@H]3[C@@H]1CC2. The molecule has 28 heavy (non-hydrogen) atoms. The summed E-state index contributed by atoms with van der Waals surface area (Å²) in [5.41, 5.74) is 6.43. The lowest BCUT2D eigenvalue weighted by molar-refractivity contribution is 0.160. The Kier molecular flexibility index (Phi) is 4.40. The van der Waals surface area contributed by atoms with E-state index in [1.54, 1.807) is 18.2 Å². The van der Waals surface area contributed by atoms with Gasteiger partial charge in [-0.05, 0) is 43.2 Å². The fraction of sp³-hybridized carbons (Fsp3) is 0.381. The fourth-order valence-electron chi connectivity index (χ4n) is 5.19. The highest BCUT2D eigenvalue weighted by Crippen LogP contribution is 2.59. The number of nitriles is 3. The van der Waals surface area contributed by atoms with Gasteiger partial charge in [0.25, 0.3) is 0 Å². The molecule has 0 saturated carbocycles. The third-order valence-electron chi connectivity index (χ3n) is 6.52. The quantitative estimate of drug-likeness (QED) is 0.757. The summed E-state index contributed by atoms with van der Waals surface area (Å²) in [5.74, 6) is -0.828. The molecule has 1 aliphatic carbocycles. The zero-order valence-corrected chi connectivity index (χ0v) is 16.7. The number of hydrogen-bond acceptors (Lipinski definition) is 5. The van der Waals surface area contributed by atoms with Crippen LogP contribution < -0.4 is 5.73 Å². The number of hydrogen-bond donors (Lipinski definition) is 1. The van der Waals surface area contributed by atoms with Crippen molar-refractivity contribution in [2.75, 3.05) is 7.05 Å². The molecule has 1 aromatic carbocycles. The van der Waals surface area contributed by atoms with Crippen molar-refractivity contribution in [2.45, 2.75) is 30.8 Å². The normalized spacial score (nSPS) is 30.6. The second kappa shape index (κ2) is 6.54. The molecule has 140 valence electrons. The molecule has 4 rings (SSSR count). The van der Waals surface area contributed by atoms with Crippen LogP contribution in [-0.2, 0) is 0 Å². The maximum atomic E-state index is 10.1. The number of nitrogens with zero attached hydrogens (tertiary/aromatic N) is 4. The first-order chi connectivity index (χ1) is 13.4. The summed E-state index contributed by atoms with van der Waals surface area (Å²) in [5, 5.41) is 31.0. The van der Waals surface area contributed by atoms with Crippen molar-refractivity contribution in [2.24, 2.45) is 17.1 Å². The molecule has 0 amide bonds. The van der Waals surface area contributed by atoms with Crippen LogP contribution in [0.1, 0.15) is 24.3 Å². The Hall–Kier alpha value is -2.49. The van der Waals surface area contributed by atoms with Crippen LogP contribution in [0.3, 0.4) is 0 Å². The van der Waals surface area contributed by atoms with Crippen LogP contribution in [0.5, 0.6) is 0 Å². The fourth-order valence-corrected chi connectivity index (χ4v) is 5.71. The minimum absolute atomic E-state index is 0.0162. The van der Waals surface area contributed by atoms with E-state index in [4.69, 9.17) is 28.9 Å². The average molecular weight is 410 g/mol. The molecular formula is C21H17Cl2N5. The lowest BCUT2D eigenvalue weighted by atomic mass is 9.56. The first-order valence-corrected chi connectivity index (χ1v) is 9.77. The molecule has 0 unspecified atom stereocenters. The highest BCUT2D eigenvalue weighted by Gasteiger charge is 2.58. The molecule has 4 atom stereocenters. The van der Waals surface area contributed by atoms with Gasteiger partial charge in [0.1, 0.15) is 6.07 Å². The molecule has 2 bridgehead atoms. The second-order valence-electron chi connectivity index (χ2n) is 7.60. The Bertz CT molecular complexity index is 1040. The van der Waals surface area contributed by atoms with Crippen LogP contribution >= 0.6 is 23.2 Å². The van der Waals surface area contributed by atoms with E-state index in [2.05, 4.69) is 29.2 Å². The lowest BCUT2D eigenvalue weighted by Crippen LogP contribution is -2.51. The molecule has 2 N–H and O–H groups in total. The molecule has 2 heterocycles. The predicted molar refractivity (Wildman–Crippen MR) is 106 cm³/mol. The molecule has 1 fully saturated rings. The van der Waals surface area contributed by atoms with E-state index in [1.165, 1.54) is 0 Å². The van der Waals surface area contributed by atoms with Gasteiger partial charge in [-0.1, -0.05) is 35.3 Å². The zero-order valence-electron chi connectivity index (χ0n) is 15.2. The molecule has 0 aromatic heterocycles.